The first-order valence-corrected chi connectivity index (χ1v) is 7.73. The summed E-state index contributed by atoms with van der Waals surface area (Å²) in [6.07, 6.45) is 2.45. The Hall–Kier alpha value is -1.49. The van der Waals surface area contributed by atoms with E-state index in [1.54, 1.807) is 6.07 Å². The lowest BCUT2D eigenvalue weighted by Crippen LogP contribution is -2.39. The molecule has 1 fully saturated rings. The number of likely N-dealkylation sites (tertiary alicyclic amines) is 1. The molecule has 1 aliphatic rings. The molecule has 2 rings (SSSR count). The van der Waals surface area contributed by atoms with E-state index in [9.17, 15) is 4.39 Å². The number of nitrogen functional groups attached to an aromatic ring is 1. The molecule has 1 aromatic carbocycles. The van der Waals surface area contributed by atoms with Crippen LogP contribution in [0.25, 0.3) is 0 Å². The van der Waals surface area contributed by atoms with E-state index in [0.29, 0.717) is 18.3 Å². The Balaban J connectivity index is 2.14. The Morgan fingerprint density at radius 1 is 1.43 bits per heavy atom. The van der Waals surface area contributed by atoms with Crippen molar-refractivity contribution in [1.82, 2.24) is 4.90 Å². The van der Waals surface area contributed by atoms with Crippen LogP contribution in [0.15, 0.2) is 12.1 Å². The number of anilines is 2. The summed E-state index contributed by atoms with van der Waals surface area (Å²) < 4.78 is 19.1. The van der Waals surface area contributed by atoms with Gasteiger partial charge < -0.3 is 15.4 Å². The van der Waals surface area contributed by atoms with E-state index >= 15 is 0 Å². The van der Waals surface area contributed by atoms with Gasteiger partial charge in [0.05, 0.1) is 18.0 Å². The van der Waals surface area contributed by atoms with Gasteiger partial charge in [-0.3, -0.25) is 4.90 Å². The first-order valence-electron chi connectivity index (χ1n) is 7.73. The molecule has 0 radical (unpaired) electrons. The Morgan fingerprint density at radius 2 is 2.19 bits per heavy atom. The quantitative estimate of drug-likeness (QED) is 0.819. The summed E-state index contributed by atoms with van der Waals surface area (Å²) in [6.45, 7) is 7.61. The van der Waals surface area contributed by atoms with Gasteiger partial charge in [-0.15, -0.1) is 0 Å². The number of hydrogen-bond donors (Lipinski definition) is 1. The van der Waals surface area contributed by atoms with Crippen molar-refractivity contribution < 1.29 is 9.13 Å². The molecule has 118 valence electrons. The lowest BCUT2D eigenvalue weighted by molar-refractivity contribution is 0.270. The first kappa shape index (κ1) is 15.9. The number of nitrogens with zero attached hydrogens (tertiary/aromatic N) is 2. The fraction of sp³-hybridized carbons (Fsp3) is 0.625. The van der Waals surface area contributed by atoms with Crippen molar-refractivity contribution in [2.24, 2.45) is 0 Å². The molecule has 0 bridgehead atoms. The molecule has 4 nitrogen and oxygen atoms in total. The zero-order chi connectivity index (χ0) is 15.4. The first-order chi connectivity index (χ1) is 10.1. The van der Waals surface area contributed by atoms with Crippen molar-refractivity contribution >= 4 is 11.4 Å². The van der Waals surface area contributed by atoms with Crippen LogP contribution in [0.4, 0.5) is 15.8 Å². The van der Waals surface area contributed by atoms with Crippen LogP contribution in [0, 0.1) is 5.82 Å². The van der Waals surface area contributed by atoms with Crippen LogP contribution in [0.2, 0.25) is 0 Å². The maximum absolute atomic E-state index is 13.8. The van der Waals surface area contributed by atoms with E-state index in [-0.39, 0.29) is 5.75 Å². The topological polar surface area (TPSA) is 41.7 Å². The van der Waals surface area contributed by atoms with Crippen molar-refractivity contribution in [3.05, 3.63) is 17.9 Å². The Bertz CT molecular complexity index is 481. The minimum Gasteiger partial charge on any atom is -0.491 e. The number of halogens is 1. The molecule has 1 unspecified atom stereocenters. The van der Waals surface area contributed by atoms with Crippen molar-refractivity contribution in [3.8, 4) is 5.75 Å². The standard InChI is InChI=1S/C16H26FN3O/c1-4-20-8-6-7-12(20)11-19(3)15-10-16(21-5-2)13(17)9-14(15)18/h9-10,12H,4-8,11,18H2,1-3H3. The number of nitrogens with two attached hydrogens (primary N) is 1. The van der Waals surface area contributed by atoms with Gasteiger partial charge in [-0.05, 0) is 32.9 Å². The van der Waals surface area contributed by atoms with E-state index in [4.69, 9.17) is 10.5 Å². The van der Waals surface area contributed by atoms with Crippen LogP contribution in [0.1, 0.15) is 26.7 Å². The number of rotatable bonds is 6. The second-order valence-corrected chi connectivity index (χ2v) is 5.58. The van der Waals surface area contributed by atoms with Gasteiger partial charge in [0.1, 0.15) is 0 Å². The summed E-state index contributed by atoms with van der Waals surface area (Å²) in [6, 6.07) is 3.60. The van der Waals surface area contributed by atoms with Gasteiger partial charge in [-0.1, -0.05) is 6.92 Å². The van der Waals surface area contributed by atoms with Gasteiger partial charge in [0, 0.05) is 31.8 Å². The molecule has 1 heterocycles. The molecule has 0 aliphatic carbocycles. The van der Waals surface area contributed by atoms with Crippen LogP contribution in [0.5, 0.6) is 5.75 Å². The SMILES string of the molecule is CCOc1cc(N(C)CC2CCCN2CC)c(N)cc1F. The predicted molar refractivity (Wildman–Crippen MR) is 85.5 cm³/mol. The molecular weight excluding hydrogens is 269 g/mol. The van der Waals surface area contributed by atoms with Crippen LogP contribution in [-0.2, 0) is 0 Å². The fourth-order valence-electron chi connectivity index (χ4n) is 3.09. The molecule has 21 heavy (non-hydrogen) atoms. The van der Waals surface area contributed by atoms with Crippen LogP contribution < -0.4 is 15.4 Å². The average molecular weight is 295 g/mol. The Kier molecular flexibility index (Phi) is 5.28. The summed E-state index contributed by atoms with van der Waals surface area (Å²) in [5.41, 5.74) is 7.27. The van der Waals surface area contributed by atoms with Gasteiger partial charge in [0.25, 0.3) is 0 Å². The molecule has 0 amide bonds. The fourth-order valence-corrected chi connectivity index (χ4v) is 3.09. The lowest BCUT2D eigenvalue weighted by atomic mass is 10.1. The zero-order valence-corrected chi connectivity index (χ0v) is 13.2. The second-order valence-electron chi connectivity index (χ2n) is 5.58. The minimum absolute atomic E-state index is 0.271. The molecule has 1 atom stereocenters. The van der Waals surface area contributed by atoms with Crippen molar-refractivity contribution in [1.29, 1.82) is 0 Å². The van der Waals surface area contributed by atoms with E-state index in [1.807, 2.05) is 14.0 Å². The summed E-state index contributed by atoms with van der Waals surface area (Å²) in [5.74, 6) is -0.130. The predicted octanol–water partition coefficient (Wildman–Crippen LogP) is 2.73. The summed E-state index contributed by atoms with van der Waals surface area (Å²) in [4.78, 5) is 4.59. The lowest BCUT2D eigenvalue weighted by Gasteiger charge is -2.30. The summed E-state index contributed by atoms with van der Waals surface area (Å²) in [5, 5.41) is 0. The zero-order valence-electron chi connectivity index (χ0n) is 13.2. The molecule has 5 heteroatoms. The molecule has 0 saturated carbocycles. The molecule has 1 saturated heterocycles. The van der Waals surface area contributed by atoms with Crippen molar-refractivity contribution in [2.75, 3.05) is 43.9 Å². The molecular formula is C16H26FN3O. The molecule has 0 aromatic heterocycles. The van der Waals surface area contributed by atoms with E-state index in [2.05, 4.69) is 16.7 Å². The highest BCUT2D eigenvalue weighted by Gasteiger charge is 2.25. The maximum atomic E-state index is 13.8. The summed E-state index contributed by atoms with van der Waals surface area (Å²) in [7, 11) is 2.01. The van der Waals surface area contributed by atoms with Gasteiger partial charge in [0.2, 0.25) is 0 Å². The van der Waals surface area contributed by atoms with E-state index in [1.165, 1.54) is 18.9 Å². The third-order valence-corrected chi connectivity index (χ3v) is 4.18. The smallest absolute Gasteiger partial charge is 0.167 e. The van der Waals surface area contributed by atoms with Gasteiger partial charge >= 0.3 is 0 Å². The number of benzene rings is 1. The van der Waals surface area contributed by atoms with Crippen LogP contribution >= 0.6 is 0 Å². The third-order valence-electron chi connectivity index (χ3n) is 4.18. The summed E-state index contributed by atoms with van der Waals surface area (Å²) >= 11 is 0. The number of ether oxygens (including phenoxy) is 1. The van der Waals surface area contributed by atoms with Crippen LogP contribution in [0.3, 0.4) is 0 Å². The van der Waals surface area contributed by atoms with E-state index in [0.717, 1.165) is 25.3 Å². The largest absolute Gasteiger partial charge is 0.491 e. The number of hydrogen-bond acceptors (Lipinski definition) is 4. The van der Waals surface area contributed by atoms with E-state index < -0.39 is 5.82 Å². The monoisotopic (exact) mass is 295 g/mol. The molecule has 1 aromatic rings. The highest BCUT2D eigenvalue weighted by Crippen LogP contribution is 2.31. The van der Waals surface area contributed by atoms with Gasteiger partial charge in [-0.2, -0.15) is 0 Å². The minimum atomic E-state index is -0.400. The van der Waals surface area contributed by atoms with Gasteiger partial charge in [0.15, 0.2) is 11.6 Å². The van der Waals surface area contributed by atoms with Crippen molar-refractivity contribution in [3.63, 3.8) is 0 Å². The Labute approximate surface area is 126 Å². The molecule has 1 aliphatic heterocycles. The van der Waals surface area contributed by atoms with Crippen LogP contribution in [-0.4, -0.2) is 44.2 Å². The molecule has 0 spiro atoms. The average Bonchev–Trinajstić information content (AvgIpc) is 2.89. The highest BCUT2D eigenvalue weighted by atomic mass is 19.1. The highest BCUT2D eigenvalue weighted by molar-refractivity contribution is 5.69. The third kappa shape index (κ3) is 3.59. The number of likely N-dealkylation sites (N-methyl/N-ethyl adjacent to an activating group) is 2. The van der Waals surface area contributed by atoms with Crippen molar-refractivity contribution in [2.45, 2.75) is 32.7 Å². The Morgan fingerprint density at radius 3 is 2.86 bits per heavy atom. The van der Waals surface area contributed by atoms with Gasteiger partial charge in [-0.25, -0.2) is 4.39 Å². The normalized spacial score (nSPS) is 19.0. The second kappa shape index (κ2) is 6.98. The molecule has 2 N–H and O–H groups in total. The maximum Gasteiger partial charge on any atom is 0.167 e.